The Kier molecular flexibility index (Phi) is 6.52. The Balaban J connectivity index is 2.58. The van der Waals surface area contributed by atoms with E-state index in [2.05, 4.69) is 5.16 Å². The first kappa shape index (κ1) is 16.0. The quantitative estimate of drug-likeness (QED) is 0.261. The molecule has 0 aliphatic rings. The molecule has 110 valence electrons. The smallest absolute Gasteiger partial charge is 0.226 e. The molecule has 0 aromatic heterocycles. The van der Waals surface area contributed by atoms with Crippen LogP contribution in [0.4, 0.5) is 5.69 Å². The molecule has 0 spiro atoms. The molecule has 1 amide bonds. The van der Waals surface area contributed by atoms with E-state index in [9.17, 15) is 4.79 Å². The number of ether oxygens (including phenoxy) is 1. The standard InChI is InChI=1S/C14H21N3O3/c1-3-20-10-4-5-13(18)17(2)12-8-6-11(7-9-12)14(15)16-19/h6-9,19H,3-5,10H2,1-2H3,(H2,15,16). The molecule has 0 unspecified atom stereocenters. The van der Waals surface area contributed by atoms with E-state index < -0.39 is 0 Å². The molecule has 20 heavy (non-hydrogen) atoms. The van der Waals surface area contributed by atoms with Gasteiger partial charge in [-0.05, 0) is 37.6 Å². The number of oxime groups is 1. The number of carbonyl (C=O) groups is 1. The van der Waals surface area contributed by atoms with Gasteiger partial charge >= 0.3 is 0 Å². The van der Waals surface area contributed by atoms with E-state index >= 15 is 0 Å². The maximum absolute atomic E-state index is 12.0. The summed E-state index contributed by atoms with van der Waals surface area (Å²) in [5, 5.41) is 11.5. The van der Waals surface area contributed by atoms with Crippen LogP contribution in [0.3, 0.4) is 0 Å². The lowest BCUT2D eigenvalue weighted by Gasteiger charge is -2.17. The molecule has 1 rings (SSSR count). The number of benzene rings is 1. The molecule has 6 heteroatoms. The van der Waals surface area contributed by atoms with Crippen molar-refractivity contribution in [3.05, 3.63) is 29.8 Å². The lowest BCUT2D eigenvalue weighted by atomic mass is 10.1. The fourth-order valence-corrected chi connectivity index (χ4v) is 1.70. The molecule has 0 radical (unpaired) electrons. The Hall–Kier alpha value is -2.08. The van der Waals surface area contributed by atoms with Gasteiger partial charge < -0.3 is 20.6 Å². The van der Waals surface area contributed by atoms with Gasteiger partial charge in [0, 0.05) is 37.9 Å². The number of nitrogens with zero attached hydrogens (tertiary/aromatic N) is 2. The predicted octanol–water partition coefficient (Wildman–Crippen LogP) is 1.56. The zero-order chi connectivity index (χ0) is 15.0. The Morgan fingerprint density at radius 2 is 2.05 bits per heavy atom. The van der Waals surface area contributed by atoms with Crippen molar-refractivity contribution in [1.29, 1.82) is 0 Å². The number of rotatable bonds is 7. The summed E-state index contributed by atoms with van der Waals surface area (Å²) in [5.41, 5.74) is 6.85. The fraction of sp³-hybridized carbons (Fsp3) is 0.429. The highest BCUT2D eigenvalue weighted by Gasteiger charge is 2.10. The van der Waals surface area contributed by atoms with E-state index in [1.165, 1.54) is 0 Å². The molecule has 0 fully saturated rings. The van der Waals surface area contributed by atoms with Crippen molar-refractivity contribution in [2.24, 2.45) is 10.9 Å². The van der Waals surface area contributed by atoms with Crippen LogP contribution in [0.25, 0.3) is 0 Å². The molecule has 0 aliphatic carbocycles. The van der Waals surface area contributed by atoms with E-state index in [0.29, 0.717) is 31.6 Å². The Bertz CT molecular complexity index is 457. The summed E-state index contributed by atoms with van der Waals surface area (Å²) in [4.78, 5) is 13.5. The minimum Gasteiger partial charge on any atom is -0.409 e. The Morgan fingerprint density at radius 1 is 1.40 bits per heavy atom. The lowest BCUT2D eigenvalue weighted by Crippen LogP contribution is -2.26. The first-order chi connectivity index (χ1) is 9.60. The van der Waals surface area contributed by atoms with Crippen molar-refractivity contribution in [2.45, 2.75) is 19.8 Å². The van der Waals surface area contributed by atoms with Crippen LogP contribution in [0.1, 0.15) is 25.3 Å². The number of hydrogen-bond acceptors (Lipinski definition) is 4. The van der Waals surface area contributed by atoms with Crippen LogP contribution in [0.15, 0.2) is 29.4 Å². The lowest BCUT2D eigenvalue weighted by molar-refractivity contribution is -0.118. The predicted molar refractivity (Wildman–Crippen MR) is 78.1 cm³/mol. The zero-order valence-corrected chi connectivity index (χ0v) is 11.9. The molecule has 1 aromatic rings. The summed E-state index contributed by atoms with van der Waals surface area (Å²) in [6.07, 6.45) is 1.15. The molecule has 0 saturated heterocycles. The zero-order valence-electron chi connectivity index (χ0n) is 11.9. The largest absolute Gasteiger partial charge is 0.409 e. The highest BCUT2D eigenvalue weighted by atomic mass is 16.5. The van der Waals surface area contributed by atoms with Crippen molar-refractivity contribution in [3.8, 4) is 0 Å². The highest BCUT2D eigenvalue weighted by Crippen LogP contribution is 2.15. The van der Waals surface area contributed by atoms with Gasteiger partial charge in [0.05, 0.1) is 0 Å². The molecular formula is C14H21N3O3. The van der Waals surface area contributed by atoms with Crippen molar-refractivity contribution >= 4 is 17.4 Å². The third-order valence-electron chi connectivity index (χ3n) is 2.92. The van der Waals surface area contributed by atoms with E-state index in [-0.39, 0.29) is 11.7 Å². The van der Waals surface area contributed by atoms with Gasteiger partial charge in [-0.15, -0.1) is 0 Å². The Morgan fingerprint density at radius 3 is 2.60 bits per heavy atom. The maximum Gasteiger partial charge on any atom is 0.226 e. The number of hydrogen-bond donors (Lipinski definition) is 2. The number of amidine groups is 1. The number of nitrogens with two attached hydrogens (primary N) is 1. The van der Waals surface area contributed by atoms with E-state index in [0.717, 1.165) is 5.69 Å². The Labute approximate surface area is 118 Å². The van der Waals surface area contributed by atoms with Gasteiger partial charge in [-0.3, -0.25) is 4.79 Å². The molecule has 0 atom stereocenters. The van der Waals surface area contributed by atoms with Gasteiger partial charge in [0.25, 0.3) is 0 Å². The van der Waals surface area contributed by atoms with Crippen LogP contribution in [0, 0.1) is 0 Å². The minimum absolute atomic E-state index is 0.0289. The normalized spacial score (nSPS) is 11.4. The monoisotopic (exact) mass is 279 g/mol. The molecule has 0 heterocycles. The van der Waals surface area contributed by atoms with Crippen LogP contribution < -0.4 is 10.6 Å². The third-order valence-corrected chi connectivity index (χ3v) is 2.92. The van der Waals surface area contributed by atoms with Crippen LogP contribution in [0.5, 0.6) is 0 Å². The first-order valence-electron chi connectivity index (χ1n) is 6.52. The molecule has 0 saturated carbocycles. The number of anilines is 1. The summed E-state index contributed by atoms with van der Waals surface area (Å²) in [6, 6.07) is 6.92. The van der Waals surface area contributed by atoms with Gasteiger partial charge in [-0.1, -0.05) is 5.16 Å². The van der Waals surface area contributed by atoms with Gasteiger partial charge in [0.1, 0.15) is 0 Å². The molecule has 3 N–H and O–H groups in total. The second-order valence-corrected chi connectivity index (χ2v) is 4.29. The summed E-state index contributed by atoms with van der Waals surface area (Å²) >= 11 is 0. The summed E-state index contributed by atoms with van der Waals surface area (Å²) in [5.74, 6) is 0.0727. The van der Waals surface area contributed by atoms with Crippen molar-refractivity contribution in [1.82, 2.24) is 0 Å². The second-order valence-electron chi connectivity index (χ2n) is 4.29. The number of amides is 1. The average molecular weight is 279 g/mol. The van der Waals surface area contributed by atoms with Crippen LogP contribution in [0.2, 0.25) is 0 Å². The SMILES string of the molecule is CCOCCCC(=O)N(C)c1ccc(/C(N)=N/O)cc1. The average Bonchev–Trinajstić information content (AvgIpc) is 2.50. The topological polar surface area (TPSA) is 88.2 Å². The van der Waals surface area contributed by atoms with Gasteiger partial charge in [-0.2, -0.15) is 0 Å². The molecular weight excluding hydrogens is 258 g/mol. The van der Waals surface area contributed by atoms with Gasteiger partial charge in [0.15, 0.2) is 5.84 Å². The van der Waals surface area contributed by atoms with E-state index in [1.54, 1.807) is 36.2 Å². The van der Waals surface area contributed by atoms with Crippen LogP contribution >= 0.6 is 0 Å². The third kappa shape index (κ3) is 4.55. The molecule has 0 aliphatic heterocycles. The highest BCUT2D eigenvalue weighted by molar-refractivity contribution is 5.98. The molecule has 1 aromatic carbocycles. The fourth-order valence-electron chi connectivity index (χ4n) is 1.70. The summed E-state index contributed by atoms with van der Waals surface area (Å²) < 4.78 is 5.20. The summed E-state index contributed by atoms with van der Waals surface area (Å²) in [6.45, 7) is 3.19. The maximum atomic E-state index is 12.0. The van der Waals surface area contributed by atoms with Gasteiger partial charge in [-0.25, -0.2) is 0 Å². The van der Waals surface area contributed by atoms with Crippen molar-refractivity contribution in [2.75, 3.05) is 25.2 Å². The minimum atomic E-state index is 0.0289. The van der Waals surface area contributed by atoms with Crippen molar-refractivity contribution in [3.63, 3.8) is 0 Å². The van der Waals surface area contributed by atoms with E-state index in [1.807, 2.05) is 6.92 Å². The van der Waals surface area contributed by atoms with Crippen molar-refractivity contribution < 1.29 is 14.7 Å². The molecule has 0 bridgehead atoms. The number of carbonyl (C=O) groups excluding carboxylic acids is 1. The van der Waals surface area contributed by atoms with E-state index in [4.69, 9.17) is 15.7 Å². The van der Waals surface area contributed by atoms with Crippen LogP contribution in [-0.4, -0.2) is 37.2 Å². The van der Waals surface area contributed by atoms with Gasteiger partial charge in [0.2, 0.25) is 5.91 Å². The van der Waals surface area contributed by atoms with Crippen LogP contribution in [-0.2, 0) is 9.53 Å². The summed E-state index contributed by atoms with van der Waals surface area (Å²) in [7, 11) is 1.72. The first-order valence-corrected chi connectivity index (χ1v) is 6.52. The second kappa shape index (κ2) is 8.16. The molecule has 6 nitrogen and oxygen atoms in total.